The van der Waals surface area contributed by atoms with Crippen LogP contribution in [0.5, 0.6) is 0 Å². The molecule has 1 saturated carbocycles. The molecule has 1 unspecified atom stereocenters. The topological polar surface area (TPSA) is 110 Å². The predicted octanol–water partition coefficient (Wildman–Crippen LogP) is 0.689. The Labute approximate surface area is 126 Å². The van der Waals surface area contributed by atoms with E-state index in [1.807, 2.05) is 6.92 Å². The Bertz CT molecular complexity index is 655. The van der Waals surface area contributed by atoms with Gasteiger partial charge < -0.3 is 16.0 Å². The molecule has 4 N–H and O–H groups in total. The third-order valence-corrected chi connectivity index (χ3v) is 5.01. The van der Waals surface area contributed by atoms with Crippen LogP contribution in [-0.4, -0.2) is 43.7 Å². The maximum absolute atomic E-state index is 12.0. The summed E-state index contributed by atoms with van der Waals surface area (Å²) in [5.74, 6) is 0.599. The zero-order valence-corrected chi connectivity index (χ0v) is 12.6. The molecule has 0 aliphatic heterocycles. The lowest BCUT2D eigenvalue weighted by Gasteiger charge is -2.31. The number of primary amides is 1. The van der Waals surface area contributed by atoms with Crippen LogP contribution in [0.2, 0.25) is 0 Å². The van der Waals surface area contributed by atoms with Gasteiger partial charge in [0.15, 0.2) is 5.65 Å². The second kappa shape index (κ2) is 5.61. The highest BCUT2D eigenvalue weighted by Gasteiger charge is 2.49. The zero-order valence-electron chi connectivity index (χ0n) is 11.8. The zero-order chi connectivity index (χ0) is 14.9. The van der Waals surface area contributed by atoms with Crippen LogP contribution in [0.15, 0.2) is 17.7 Å². The molecule has 1 aliphatic rings. The predicted molar refractivity (Wildman–Crippen MR) is 80.7 cm³/mol. The number of nitrogens with two attached hydrogens (primary N) is 1. The first-order valence-corrected chi connectivity index (χ1v) is 7.97. The van der Waals surface area contributed by atoms with Gasteiger partial charge in [0.05, 0.1) is 6.33 Å². The van der Waals surface area contributed by atoms with Gasteiger partial charge in [-0.2, -0.15) is 0 Å². The Morgan fingerprint density at radius 2 is 2.33 bits per heavy atom. The molecular weight excluding hydrogens is 288 g/mol. The number of carbonyl (C=O) groups is 1. The number of likely N-dealkylation sites (N-methyl/N-ethyl adjacent to an activating group) is 1. The molecule has 7 nitrogen and oxygen atoms in total. The molecule has 3 rings (SSSR count). The van der Waals surface area contributed by atoms with E-state index in [0.717, 1.165) is 23.4 Å². The Kier molecular flexibility index (Phi) is 3.81. The van der Waals surface area contributed by atoms with Gasteiger partial charge in [0.2, 0.25) is 5.91 Å². The Hall–Kier alpha value is -1.67. The standard InChI is InChI=1S/C13H18N6OS/c1-2-19-13(12(14)20,8-3-4-8)5-21-11-9-10(16-6-15-9)17-7-18-11/h6-8,19H,2-5H2,1H3,(H2,14,20)(H,15,16,17,18). The summed E-state index contributed by atoms with van der Waals surface area (Å²) in [6, 6.07) is 0. The first-order chi connectivity index (χ1) is 10.2. The first-order valence-electron chi connectivity index (χ1n) is 6.99. The van der Waals surface area contributed by atoms with Crippen molar-refractivity contribution in [1.29, 1.82) is 0 Å². The Morgan fingerprint density at radius 3 is 3.00 bits per heavy atom. The van der Waals surface area contributed by atoms with E-state index in [-0.39, 0.29) is 5.91 Å². The number of H-pyrrole nitrogens is 1. The number of amides is 1. The summed E-state index contributed by atoms with van der Waals surface area (Å²) in [4.78, 5) is 27.5. The van der Waals surface area contributed by atoms with Crippen molar-refractivity contribution >= 4 is 28.8 Å². The number of thioether (sulfide) groups is 1. The second-order valence-electron chi connectivity index (χ2n) is 5.21. The lowest BCUT2D eigenvalue weighted by Crippen LogP contribution is -2.59. The van der Waals surface area contributed by atoms with E-state index >= 15 is 0 Å². The van der Waals surface area contributed by atoms with E-state index in [9.17, 15) is 4.79 Å². The van der Waals surface area contributed by atoms with Gasteiger partial charge in [-0.15, -0.1) is 11.8 Å². The second-order valence-corrected chi connectivity index (χ2v) is 6.17. The fraction of sp³-hybridized carbons (Fsp3) is 0.538. The largest absolute Gasteiger partial charge is 0.368 e. The fourth-order valence-corrected chi connectivity index (χ4v) is 3.86. The Morgan fingerprint density at radius 1 is 1.52 bits per heavy atom. The fourth-order valence-electron chi connectivity index (χ4n) is 2.60. The molecule has 0 aromatic carbocycles. The van der Waals surface area contributed by atoms with Gasteiger partial charge in [-0.25, -0.2) is 15.0 Å². The van der Waals surface area contributed by atoms with Crippen LogP contribution in [0, 0.1) is 5.92 Å². The number of carbonyl (C=O) groups excluding carboxylic acids is 1. The number of fused-ring (bicyclic) bond motifs is 1. The molecule has 1 fully saturated rings. The molecule has 1 atom stereocenters. The summed E-state index contributed by atoms with van der Waals surface area (Å²) >= 11 is 1.51. The quantitative estimate of drug-likeness (QED) is 0.513. The maximum Gasteiger partial charge on any atom is 0.238 e. The molecular formula is C13H18N6OS. The number of nitrogens with one attached hydrogen (secondary N) is 2. The highest BCUT2D eigenvalue weighted by atomic mass is 32.2. The average molecular weight is 306 g/mol. The summed E-state index contributed by atoms with van der Waals surface area (Å²) in [5, 5.41) is 4.10. The van der Waals surface area contributed by atoms with E-state index in [4.69, 9.17) is 5.73 Å². The normalized spacial score (nSPS) is 17.8. The van der Waals surface area contributed by atoms with E-state index in [0.29, 0.717) is 23.9 Å². The number of imidazole rings is 1. The minimum absolute atomic E-state index is 0.283. The molecule has 0 bridgehead atoms. The van der Waals surface area contributed by atoms with Crippen molar-refractivity contribution in [3.05, 3.63) is 12.7 Å². The number of rotatable bonds is 7. The molecule has 2 aromatic rings. The van der Waals surface area contributed by atoms with Gasteiger partial charge in [-0.1, -0.05) is 6.92 Å². The van der Waals surface area contributed by atoms with Gasteiger partial charge in [0.25, 0.3) is 0 Å². The number of hydrogen-bond donors (Lipinski definition) is 3. The van der Waals surface area contributed by atoms with Gasteiger partial charge in [0.1, 0.15) is 22.4 Å². The van der Waals surface area contributed by atoms with Gasteiger partial charge in [0, 0.05) is 5.75 Å². The smallest absolute Gasteiger partial charge is 0.238 e. The van der Waals surface area contributed by atoms with Crippen LogP contribution in [0.25, 0.3) is 11.2 Å². The molecule has 1 aliphatic carbocycles. The number of aromatic amines is 1. The highest BCUT2D eigenvalue weighted by molar-refractivity contribution is 7.99. The van der Waals surface area contributed by atoms with Crippen LogP contribution in [0.1, 0.15) is 19.8 Å². The highest BCUT2D eigenvalue weighted by Crippen LogP contribution is 2.42. The van der Waals surface area contributed by atoms with Crippen molar-refractivity contribution in [1.82, 2.24) is 25.3 Å². The minimum atomic E-state index is -0.656. The van der Waals surface area contributed by atoms with Crippen molar-refractivity contribution in [2.24, 2.45) is 11.7 Å². The molecule has 8 heteroatoms. The van der Waals surface area contributed by atoms with E-state index < -0.39 is 5.54 Å². The molecule has 2 aromatic heterocycles. The third-order valence-electron chi connectivity index (χ3n) is 3.83. The summed E-state index contributed by atoms with van der Waals surface area (Å²) in [6.07, 6.45) is 5.16. The number of hydrogen-bond acceptors (Lipinski definition) is 6. The summed E-state index contributed by atoms with van der Waals surface area (Å²) in [7, 11) is 0. The summed E-state index contributed by atoms with van der Waals surface area (Å²) < 4.78 is 0. The van der Waals surface area contributed by atoms with E-state index in [1.165, 1.54) is 18.1 Å². The molecule has 0 spiro atoms. The van der Waals surface area contributed by atoms with E-state index in [1.54, 1.807) is 6.33 Å². The van der Waals surface area contributed by atoms with Crippen molar-refractivity contribution in [3.8, 4) is 0 Å². The lowest BCUT2D eigenvalue weighted by atomic mass is 9.94. The average Bonchev–Trinajstić information content (AvgIpc) is 3.21. The van der Waals surface area contributed by atoms with Crippen molar-refractivity contribution < 1.29 is 4.79 Å². The van der Waals surface area contributed by atoms with Crippen molar-refractivity contribution in [3.63, 3.8) is 0 Å². The van der Waals surface area contributed by atoms with Crippen molar-refractivity contribution in [2.75, 3.05) is 12.3 Å². The maximum atomic E-state index is 12.0. The van der Waals surface area contributed by atoms with Crippen LogP contribution in [0.4, 0.5) is 0 Å². The van der Waals surface area contributed by atoms with Crippen LogP contribution in [0.3, 0.4) is 0 Å². The first kappa shape index (κ1) is 14.3. The van der Waals surface area contributed by atoms with Gasteiger partial charge in [-0.3, -0.25) is 4.79 Å². The molecule has 21 heavy (non-hydrogen) atoms. The summed E-state index contributed by atoms with van der Waals surface area (Å²) in [6.45, 7) is 2.70. The molecule has 2 heterocycles. The summed E-state index contributed by atoms with van der Waals surface area (Å²) in [5.41, 5.74) is 6.46. The monoisotopic (exact) mass is 306 g/mol. The van der Waals surface area contributed by atoms with Crippen LogP contribution < -0.4 is 11.1 Å². The molecule has 112 valence electrons. The SMILES string of the molecule is CCNC(CSc1ncnc2nc[nH]c12)(C(N)=O)C1CC1. The minimum Gasteiger partial charge on any atom is -0.368 e. The Balaban J connectivity index is 1.83. The number of aromatic nitrogens is 4. The van der Waals surface area contributed by atoms with Crippen LogP contribution in [-0.2, 0) is 4.79 Å². The molecule has 0 saturated heterocycles. The van der Waals surface area contributed by atoms with Gasteiger partial charge in [-0.05, 0) is 25.3 Å². The molecule has 0 radical (unpaired) electrons. The third kappa shape index (κ3) is 2.60. The van der Waals surface area contributed by atoms with Gasteiger partial charge >= 0.3 is 0 Å². The molecule has 1 amide bonds. The van der Waals surface area contributed by atoms with Crippen molar-refractivity contribution in [2.45, 2.75) is 30.3 Å². The lowest BCUT2D eigenvalue weighted by molar-refractivity contribution is -0.124. The number of nitrogens with zero attached hydrogens (tertiary/aromatic N) is 3. The van der Waals surface area contributed by atoms with Crippen LogP contribution >= 0.6 is 11.8 Å². The van der Waals surface area contributed by atoms with E-state index in [2.05, 4.69) is 25.3 Å².